The Hall–Kier alpha value is -1.95. The molecule has 0 aromatic carbocycles. The number of anilines is 2. The van der Waals surface area contributed by atoms with E-state index in [1.54, 1.807) is 10.9 Å². The number of aromatic nitrogens is 3. The molecule has 0 aliphatic heterocycles. The van der Waals surface area contributed by atoms with Gasteiger partial charge >= 0.3 is 0 Å². The van der Waals surface area contributed by atoms with Gasteiger partial charge in [0, 0.05) is 31.1 Å². The number of rotatable bonds is 3. The summed E-state index contributed by atoms with van der Waals surface area (Å²) in [6, 6.07) is 5.49. The van der Waals surface area contributed by atoms with E-state index >= 15 is 0 Å². The molecule has 0 aliphatic rings. The van der Waals surface area contributed by atoms with E-state index in [0.29, 0.717) is 10.8 Å². The summed E-state index contributed by atoms with van der Waals surface area (Å²) in [5.41, 5.74) is 6.23. The Morgan fingerprint density at radius 1 is 1.38 bits per heavy atom. The lowest BCUT2D eigenvalue weighted by atomic mass is 10.3. The second-order valence-electron chi connectivity index (χ2n) is 3.30. The summed E-state index contributed by atoms with van der Waals surface area (Å²) in [5.74, 6) is 1.46. The molecule has 0 unspecified atom stereocenters. The first kappa shape index (κ1) is 10.6. The predicted octanol–water partition coefficient (Wildman–Crippen LogP) is 1.19. The molecule has 0 saturated heterocycles. The molecule has 0 aliphatic carbocycles. The second-order valence-corrected chi connectivity index (χ2v) is 3.74. The van der Waals surface area contributed by atoms with Crippen LogP contribution in [-0.2, 0) is 7.05 Å². The maximum Gasteiger partial charge on any atom is 0.153 e. The third kappa shape index (κ3) is 2.34. The standard InChI is InChI=1S/C10H11N5S/c1-15-5-4-9(14-15)13-8-3-2-7(6-12-8)10(11)16/h2-6H,1H3,(H2,11,16)(H,12,13,14). The monoisotopic (exact) mass is 233 g/mol. The van der Waals surface area contributed by atoms with Gasteiger partial charge in [0.05, 0.1) is 0 Å². The van der Waals surface area contributed by atoms with Crippen LogP contribution in [0.3, 0.4) is 0 Å². The maximum absolute atomic E-state index is 5.48. The number of nitrogens with two attached hydrogens (primary N) is 1. The van der Waals surface area contributed by atoms with Crippen molar-refractivity contribution in [2.45, 2.75) is 0 Å². The van der Waals surface area contributed by atoms with Crippen molar-refractivity contribution in [2.75, 3.05) is 5.32 Å². The van der Waals surface area contributed by atoms with Crippen molar-refractivity contribution in [3.8, 4) is 0 Å². The molecule has 16 heavy (non-hydrogen) atoms. The lowest BCUT2D eigenvalue weighted by Gasteiger charge is -2.02. The van der Waals surface area contributed by atoms with Gasteiger partial charge in [-0.15, -0.1) is 0 Å². The number of hydrogen-bond donors (Lipinski definition) is 2. The molecule has 2 aromatic heterocycles. The fourth-order valence-electron chi connectivity index (χ4n) is 1.23. The minimum Gasteiger partial charge on any atom is -0.389 e. The first-order valence-corrected chi connectivity index (χ1v) is 5.08. The quantitative estimate of drug-likeness (QED) is 0.779. The first-order valence-electron chi connectivity index (χ1n) is 4.67. The number of nitrogens with zero attached hydrogens (tertiary/aromatic N) is 3. The van der Waals surface area contributed by atoms with E-state index in [0.717, 1.165) is 11.4 Å². The molecule has 2 aromatic rings. The van der Waals surface area contributed by atoms with Crippen LogP contribution in [0.2, 0.25) is 0 Å². The zero-order valence-corrected chi connectivity index (χ0v) is 9.53. The van der Waals surface area contributed by atoms with Gasteiger partial charge in [0.25, 0.3) is 0 Å². The highest BCUT2D eigenvalue weighted by molar-refractivity contribution is 7.80. The molecule has 0 spiro atoms. The Balaban J connectivity index is 2.14. The molecule has 0 amide bonds. The summed E-state index contributed by atoms with van der Waals surface area (Å²) in [6.45, 7) is 0. The van der Waals surface area contributed by atoms with Crippen LogP contribution in [0.25, 0.3) is 0 Å². The van der Waals surface area contributed by atoms with Crippen LogP contribution in [0, 0.1) is 0 Å². The van der Waals surface area contributed by atoms with Crippen LogP contribution in [0.1, 0.15) is 5.56 Å². The Morgan fingerprint density at radius 3 is 2.69 bits per heavy atom. The average Bonchev–Trinajstić information content (AvgIpc) is 2.65. The molecule has 82 valence electrons. The number of hydrogen-bond acceptors (Lipinski definition) is 4. The highest BCUT2D eigenvalue weighted by atomic mass is 32.1. The molecule has 5 nitrogen and oxygen atoms in total. The number of pyridine rings is 1. The van der Waals surface area contributed by atoms with Gasteiger partial charge in [0.2, 0.25) is 0 Å². The van der Waals surface area contributed by atoms with Crippen LogP contribution >= 0.6 is 12.2 Å². The van der Waals surface area contributed by atoms with Crippen LogP contribution < -0.4 is 11.1 Å². The Labute approximate surface area is 98.3 Å². The fraction of sp³-hybridized carbons (Fsp3) is 0.100. The zero-order valence-electron chi connectivity index (χ0n) is 8.71. The molecule has 6 heteroatoms. The van der Waals surface area contributed by atoms with E-state index in [1.807, 2.05) is 31.4 Å². The topological polar surface area (TPSA) is 68.8 Å². The Bertz CT molecular complexity index is 502. The van der Waals surface area contributed by atoms with Gasteiger partial charge in [-0.25, -0.2) is 4.98 Å². The van der Waals surface area contributed by atoms with Gasteiger partial charge in [-0.1, -0.05) is 12.2 Å². The van der Waals surface area contributed by atoms with Gasteiger partial charge in [-0.2, -0.15) is 5.10 Å². The first-order chi connectivity index (χ1) is 7.65. The number of nitrogens with one attached hydrogen (secondary N) is 1. The summed E-state index contributed by atoms with van der Waals surface area (Å²) >= 11 is 4.84. The smallest absolute Gasteiger partial charge is 0.153 e. The van der Waals surface area contributed by atoms with E-state index in [9.17, 15) is 0 Å². The van der Waals surface area contributed by atoms with Crippen LogP contribution in [0.4, 0.5) is 11.6 Å². The van der Waals surface area contributed by atoms with Crippen molar-refractivity contribution in [1.29, 1.82) is 0 Å². The van der Waals surface area contributed by atoms with Crippen LogP contribution in [0.5, 0.6) is 0 Å². The molecule has 0 radical (unpaired) electrons. The molecule has 0 bridgehead atoms. The van der Waals surface area contributed by atoms with Crippen molar-refractivity contribution < 1.29 is 0 Å². The van der Waals surface area contributed by atoms with Gasteiger partial charge in [-0.05, 0) is 12.1 Å². The summed E-state index contributed by atoms with van der Waals surface area (Å²) in [7, 11) is 1.86. The van der Waals surface area contributed by atoms with E-state index in [4.69, 9.17) is 18.0 Å². The highest BCUT2D eigenvalue weighted by Crippen LogP contribution is 2.11. The lowest BCUT2D eigenvalue weighted by Crippen LogP contribution is -2.09. The summed E-state index contributed by atoms with van der Waals surface area (Å²) in [4.78, 5) is 4.52. The Kier molecular flexibility index (Phi) is 2.82. The third-order valence-corrected chi connectivity index (χ3v) is 2.25. The summed E-state index contributed by atoms with van der Waals surface area (Å²) < 4.78 is 1.71. The average molecular weight is 233 g/mol. The number of thiocarbonyl (C=S) groups is 1. The minimum absolute atomic E-state index is 0.344. The summed E-state index contributed by atoms with van der Waals surface area (Å²) in [5, 5.41) is 7.24. The molecule has 2 rings (SSSR count). The second kappa shape index (κ2) is 4.28. The molecule has 0 atom stereocenters. The minimum atomic E-state index is 0.344. The molecule has 3 N–H and O–H groups in total. The maximum atomic E-state index is 5.48. The van der Waals surface area contributed by atoms with Crippen LogP contribution in [0.15, 0.2) is 30.6 Å². The van der Waals surface area contributed by atoms with Crippen molar-refractivity contribution in [3.05, 3.63) is 36.2 Å². The van der Waals surface area contributed by atoms with E-state index < -0.39 is 0 Å². The largest absolute Gasteiger partial charge is 0.389 e. The van der Waals surface area contributed by atoms with E-state index in [2.05, 4.69) is 15.4 Å². The number of aryl methyl sites for hydroxylation is 1. The highest BCUT2D eigenvalue weighted by Gasteiger charge is 2.00. The molecule has 0 fully saturated rings. The molecular weight excluding hydrogens is 222 g/mol. The molecule has 2 heterocycles. The van der Waals surface area contributed by atoms with Gasteiger partial charge in [0.15, 0.2) is 5.82 Å². The van der Waals surface area contributed by atoms with Gasteiger partial charge in [0.1, 0.15) is 10.8 Å². The van der Waals surface area contributed by atoms with Crippen molar-refractivity contribution in [3.63, 3.8) is 0 Å². The SMILES string of the molecule is Cn1ccc(Nc2ccc(C(N)=S)cn2)n1. The normalized spacial score (nSPS) is 10.1. The zero-order chi connectivity index (χ0) is 11.5. The molecule has 0 saturated carbocycles. The third-order valence-electron chi connectivity index (χ3n) is 2.02. The van der Waals surface area contributed by atoms with E-state index in [-0.39, 0.29) is 0 Å². The van der Waals surface area contributed by atoms with Crippen molar-refractivity contribution in [2.24, 2.45) is 12.8 Å². The van der Waals surface area contributed by atoms with E-state index in [1.165, 1.54) is 0 Å². The van der Waals surface area contributed by atoms with Crippen molar-refractivity contribution in [1.82, 2.24) is 14.8 Å². The molecular formula is C10H11N5S. The van der Waals surface area contributed by atoms with Crippen LogP contribution in [-0.4, -0.2) is 19.8 Å². The van der Waals surface area contributed by atoms with Crippen molar-refractivity contribution >= 4 is 28.8 Å². The predicted molar refractivity (Wildman–Crippen MR) is 66.6 cm³/mol. The Morgan fingerprint density at radius 2 is 2.19 bits per heavy atom. The lowest BCUT2D eigenvalue weighted by molar-refractivity contribution is 0.771. The van der Waals surface area contributed by atoms with Gasteiger partial charge < -0.3 is 11.1 Å². The fourth-order valence-corrected chi connectivity index (χ4v) is 1.35. The van der Waals surface area contributed by atoms with Gasteiger partial charge in [-0.3, -0.25) is 4.68 Å². The summed E-state index contributed by atoms with van der Waals surface area (Å²) in [6.07, 6.45) is 3.49.